The molecule has 4 nitrogen and oxygen atoms in total. The third kappa shape index (κ3) is 4.19. The highest BCUT2D eigenvalue weighted by Crippen LogP contribution is 2.39. The Bertz CT molecular complexity index is 935. The van der Waals surface area contributed by atoms with Gasteiger partial charge in [0.1, 0.15) is 11.1 Å². The number of anilines is 1. The number of benzene rings is 1. The van der Waals surface area contributed by atoms with Crippen molar-refractivity contribution < 1.29 is 4.79 Å². The number of hydrogen-bond acceptors (Lipinski definition) is 4. The van der Waals surface area contributed by atoms with E-state index in [0.717, 1.165) is 28.4 Å². The largest absolute Gasteiger partial charge is 0.323 e. The summed E-state index contributed by atoms with van der Waals surface area (Å²) < 4.78 is 0.905. The number of fused-ring (bicyclic) bond motifs is 1. The molecule has 1 aromatic carbocycles. The minimum atomic E-state index is -0.375. The fourth-order valence-corrected chi connectivity index (χ4v) is 5.25. The fourth-order valence-electron chi connectivity index (χ4n) is 2.93. The number of thiocarbonyl (C=S) groups is 1. The van der Waals surface area contributed by atoms with Gasteiger partial charge in [-0.25, -0.2) is 0 Å². The van der Waals surface area contributed by atoms with Gasteiger partial charge in [-0.2, -0.15) is 5.26 Å². The van der Waals surface area contributed by atoms with Crippen LogP contribution in [0.2, 0.25) is 5.02 Å². The Kier molecular flexibility index (Phi) is 6.17. The van der Waals surface area contributed by atoms with Gasteiger partial charge < -0.3 is 5.32 Å². The van der Waals surface area contributed by atoms with Crippen LogP contribution >= 0.6 is 57.7 Å². The number of amides is 1. The van der Waals surface area contributed by atoms with Crippen LogP contribution in [0.4, 0.5) is 5.00 Å². The van der Waals surface area contributed by atoms with E-state index in [1.807, 2.05) is 6.07 Å². The van der Waals surface area contributed by atoms with E-state index in [0.29, 0.717) is 27.1 Å². The van der Waals surface area contributed by atoms with Gasteiger partial charge in [0, 0.05) is 8.45 Å². The topological polar surface area (TPSA) is 64.9 Å². The number of carbonyl (C=O) groups excluding carboxylic acids is 1. The van der Waals surface area contributed by atoms with Gasteiger partial charge in [0.05, 0.1) is 16.1 Å². The van der Waals surface area contributed by atoms with E-state index < -0.39 is 0 Å². The first-order valence-corrected chi connectivity index (χ1v) is 10.7. The Morgan fingerprint density at radius 1 is 1.50 bits per heavy atom. The van der Waals surface area contributed by atoms with Crippen molar-refractivity contribution in [2.45, 2.75) is 26.2 Å². The zero-order valence-electron chi connectivity index (χ0n) is 13.9. The van der Waals surface area contributed by atoms with E-state index in [1.165, 1.54) is 4.88 Å². The number of rotatable bonds is 2. The molecule has 1 aromatic heterocycles. The van der Waals surface area contributed by atoms with Crippen molar-refractivity contribution in [1.82, 2.24) is 5.32 Å². The minimum absolute atomic E-state index is 0.160. The monoisotopic (exact) mass is 515 g/mol. The summed E-state index contributed by atoms with van der Waals surface area (Å²) >= 11 is 15.0. The number of nitriles is 1. The van der Waals surface area contributed by atoms with Crippen LogP contribution in [0.15, 0.2) is 18.2 Å². The molecule has 1 aliphatic carbocycles. The second kappa shape index (κ2) is 8.21. The Morgan fingerprint density at radius 3 is 3.00 bits per heavy atom. The van der Waals surface area contributed by atoms with Gasteiger partial charge in [-0.15, -0.1) is 11.3 Å². The van der Waals surface area contributed by atoms with Crippen LogP contribution in [0.25, 0.3) is 0 Å². The predicted octanol–water partition coefficient (Wildman–Crippen LogP) is 5.13. The van der Waals surface area contributed by atoms with E-state index in [4.69, 9.17) is 23.8 Å². The van der Waals surface area contributed by atoms with Gasteiger partial charge in [0.2, 0.25) is 0 Å². The van der Waals surface area contributed by atoms with Crippen LogP contribution < -0.4 is 10.6 Å². The summed E-state index contributed by atoms with van der Waals surface area (Å²) in [7, 11) is 0. The first kappa shape index (κ1) is 19.5. The quantitative estimate of drug-likeness (QED) is 0.430. The van der Waals surface area contributed by atoms with Crippen LogP contribution in [0, 0.1) is 20.8 Å². The van der Waals surface area contributed by atoms with Crippen molar-refractivity contribution in [2.24, 2.45) is 5.92 Å². The first-order chi connectivity index (χ1) is 12.4. The summed E-state index contributed by atoms with van der Waals surface area (Å²) in [6.07, 6.45) is 2.98. The van der Waals surface area contributed by atoms with Gasteiger partial charge in [0.25, 0.3) is 5.91 Å². The van der Waals surface area contributed by atoms with Crippen LogP contribution in [0.5, 0.6) is 0 Å². The van der Waals surface area contributed by atoms with Gasteiger partial charge in [-0.05, 0) is 83.8 Å². The zero-order valence-corrected chi connectivity index (χ0v) is 18.4. The van der Waals surface area contributed by atoms with E-state index in [9.17, 15) is 10.1 Å². The van der Waals surface area contributed by atoms with Crippen LogP contribution in [0.3, 0.4) is 0 Å². The lowest BCUT2D eigenvalue weighted by molar-refractivity contribution is 0.0978. The van der Waals surface area contributed by atoms with Crippen LogP contribution in [-0.2, 0) is 12.8 Å². The van der Waals surface area contributed by atoms with E-state index in [1.54, 1.807) is 23.5 Å². The Balaban J connectivity index is 1.76. The normalized spacial score (nSPS) is 15.7. The summed E-state index contributed by atoms with van der Waals surface area (Å²) in [4.78, 5) is 13.7. The third-order valence-electron chi connectivity index (χ3n) is 4.25. The van der Waals surface area contributed by atoms with Gasteiger partial charge in [-0.3, -0.25) is 10.1 Å². The molecule has 1 aliphatic rings. The SMILES string of the molecule is CC1CCc2c(sc(NC(=S)NC(=O)c3cc(I)ccc3Cl)c2C#N)C1. The molecule has 1 unspecified atom stereocenters. The van der Waals surface area contributed by atoms with Crippen molar-refractivity contribution in [3.63, 3.8) is 0 Å². The molecule has 134 valence electrons. The highest BCUT2D eigenvalue weighted by Gasteiger charge is 2.24. The smallest absolute Gasteiger partial charge is 0.258 e. The lowest BCUT2D eigenvalue weighted by Gasteiger charge is -2.17. The molecule has 1 atom stereocenters. The first-order valence-electron chi connectivity index (χ1n) is 8.01. The molecular formula is C18H15ClIN3OS2. The standard InChI is InChI=1S/C18H15ClIN3OS2/c1-9-2-4-11-13(8-21)17(26-15(11)6-9)23-18(25)22-16(24)12-7-10(20)3-5-14(12)19/h3,5,7,9H,2,4,6H2,1H3,(H2,22,23,24,25). The number of halogens is 2. The molecule has 2 N–H and O–H groups in total. The predicted molar refractivity (Wildman–Crippen MR) is 118 cm³/mol. The molecule has 0 saturated heterocycles. The third-order valence-corrected chi connectivity index (χ3v) is 6.63. The summed E-state index contributed by atoms with van der Waals surface area (Å²) in [5, 5.41) is 16.4. The van der Waals surface area contributed by atoms with Crippen molar-refractivity contribution in [3.8, 4) is 6.07 Å². The highest BCUT2D eigenvalue weighted by molar-refractivity contribution is 14.1. The average Bonchev–Trinajstić information content (AvgIpc) is 2.92. The summed E-state index contributed by atoms with van der Waals surface area (Å²) in [6, 6.07) is 7.48. The van der Waals surface area contributed by atoms with E-state index in [2.05, 4.69) is 46.2 Å². The molecule has 26 heavy (non-hydrogen) atoms. The maximum absolute atomic E-state index is 12.4. The zero-order chi connectivity index (χ0) is 18.8. The Labute approximate surface area is 180 Å². The number of thiophene rings is 1. The van der Waals surface area contributed by atoms with Crippen molar-refractivity contribution in [3.05, 3.63) is 48.4 Å². The molecule has 8 heteroatoms. The molecule has 2 aromatic rings. The van der Waals surface area contributed by atoms with Crippen LogP contribution in [0.1, 0.15) is 39.7 Å². The van der Waals surface area contributed by atoms with Gasteiger partial charge in [-0.1, -0.05) is 18.5 Å². The second-order valence-corrected chi connectivity index (χ2v) is 9.37. The molecule has 0 spiro atoms. The van der Waals surface area contributed by atoms with Gasteiger partial charge in [0.15, 0.2) is 5.11 Å². The maximum atomic E-state index is 12.4. The number of nitrogens with one attached hydrogen (secondary N) is 2. The molecule has 0 fully saturated rings. The average molecular weight is 516 g/mol. The van der Waals surface area contributed by atoms with E-state index in [-0.39, 0.29) is 11.0 Å². The number of carbonyl (C=O) groups is 1. The molecule has 0 saturated carbocycles. The van der Waals surface area contributed by atoms with Crippen molar-refractivity contribution >= 4 is 73.8 Å². The molecule has 0 bridgehead atoms. The fraction of sp³-hybridized carbons (Fsp3) is 0.278. The molecule has 1 amide bonds. The molecule has 1 heterocycles. The molecular weight excluding hydrogens is 501 g/mol. The molecule has 0 radical (unpaired) electrons. The number of hydrogen-bond donors (Lipinski definition) is 2. The molecule has 0 aliphatic heterocycles. The van der Waals surface area contributed by atoms with E-state index >= 15 is 0 Å². The van der Waals surface area contributed by atoms with Gasteiger partial charge >= 0.3 is 0 Å². The summed E-state index contributed by atoms with van der Waals surface area (Å²) in [6.45, 7) is 2.22. The second-order valence-electron chi connectivity index (χ2n) is 6.20. The summed E-state index contributed by atoms with van der Waals surface area (Å²) in [5.74, 6) is 0.245. The maximum Gasteiger partial charge on any atom is 0.258 e. The lowest BCUT2D eigenvalue weighted by Crippen LogP contribution is -2.34. The van der Waals surface area contributed by atoms with Crippen molar-refractivity contribution in [1.29, 1.82) is 5.26 Å². The Morgan fingerprint density at radius 2 is 2.27 bits per heavy atom. The van der Waals surface area contributed by atoms with Crippen LogP contribution in [-0.4, -0.2) is 11.0 Å². The molecule has 3 rings (SSSR count). The lowest BCUT2D eigenvalue weighted by atomic mass is 9.89. The summed E-state index contributed by atoms with van der Waals surface area (Å²) in [5.41, 5.74) is 2.12. The Hall–Kier alpha value is -1.21. The minimum Gasteiger partial charge on any atom is -0.323 e. The highest BCUT2D eigenvalue weighted by atomic mass is 127. The number of nitrogens with zero attached hydrogens (tertiary/aromatic N) is 1. The van der Waals surface area contributed by atoms with Crippen molar-refractivity contribution in [2.75, 3.05) is 5.32 Å².